The minimum atomic E-state index is -0.950. The monoisotopic (exact) mass is 364 g/mol. The van der Waals surface area contributed by atoms with Gasteiger partial charge in [-0.1, -0.05) is 0 Å². The lowest BCUT2D eigenvalue weighted by Gasteiger charge is -2.24. The van der Waals surface area contributed by atoms with Gasteiger partial charge in [-0.3, -0.25) is 9.36 Å². The zero-order valence-electron chi connectivity index (χ0n) is 14.8. The molecule has 2 saturated heterocycles. The highest BCUT2D eigenvalue weighted by Gasteiger charge is 2.59. The van der Waals surface area contributed by atoms with Crippen molar-refractivity contribution < 1.29 is 23.7 Å². The van der Waals surface area contributed by atoms with E-state index in [0.29, 0.717) is 5.65 Å². The molecule has 4 atom stereocenters. The Morgan fingerprint density at radius 1 is 1.31 bits per heavy atom. The second-order valence-corrected chi connectivity index (χ2v) is 7.05. The summed E-state index contributed by atoms with van der Waals surface area (Å²) in [5.74, 6) is -1.40. The van der Waals surface area contributed by atoms with Gasteiger partial charge in [0, 0.05) is 0 Å². The number of esters is 1. The van der Waals surface area contributed by atoms with E-state index in [1.807, 2.05) is 0 Å². The second-order valence-electron chi connectivity index (χ2n) is 7.05. The number of carbonyl (C=O) groups is 1. The van der Waals surface area contributed by atoms with Gasteiger partial charge in [0.05, 0.1) is 18.8 Å². The number of fused-ring (bicyclic) bond motifs is 2. The molecule has 10 heteroatoms. The van der Waals surface area contributed by atoms with Crippen LogP contribution in [-0.2, 0) is 23.7 Å². The summed E-state index contributed by atoms with van der Waals surface area (Å²) in [6, 6.07) is 0. The molecule has 0 spiro atoms. The number of rotatable bonds is 3. The fourth-order valence-corrected chi connectivity index (χ4v) is 3.34. The Balaban J connectivity index is 1.73. The smallest absolute Gasteiger partial charge is 0.338 e. The molecule has 0 bridgehead atoms. The van der Waals surface area contributed by atoms with Crippen molar-refractivity contribution in [2.45, 2.75) is 64.1 Å². The van der Waals surface area contributed by atoms with E-state index >= 15 is 0 Å². The van der Waals surface area contributed by atoms with Crippen LogP contribution in [0.1, 0.15) is 33.9 Å². The van der Waals surface area contributed by atoms with Crippen LogP contribution in [0.4, 0.5) is 0 Å². The van der Waals surface area contributed by atoms with E-state index in [1.165, 1.54) is 12.7 Å². The molecule has 0 aliphatic carbocycles. The van der Waals surface area contributed by atoms with Crippen LogP contribution < -0.4 is 5.56 Å². The number of aromatic nitrogens is 4. The molecule has 4 rings (SSSR count). The first-order valence-corrected chi connectivity index (χ1v) is 8.38. The number of H-pyrrole nitrogens is 1. The predicted molar refractivity (Wildman–Crippen MR) is 87.1 cm³/mol. The molecule has 2 aromatic rings. The van der Waals surface area contributed by atoms with E-state index in [9.17, 15) is 9.59 Å². The molecular weight excluding hydrogens is 344 g/mol. The van der Waals surface area contributed by atoms with Crippen molar-refractivity contribution in [2.24, 2.45) is 0 Å². The van der Waals surface area contributed by atoms with Crippen LogP contribution >= 0.6 is 0 Å². The molecule has 1 N–H and O–H groups in total. The highest BCUT2D eigenvalue weighted by Crippen LogP contribution is 2.43. The first kappa shape index (κ1) is 17.1. The van der Waals surface area contributed by atoms with Crippen LogP contribution in [0.15, 0.2) is 17.4 Å². The number of aromatic amines is 1. The highest BCUT2D eigenvalue weighted by atomic mass is 16.8. The third-order valence-corrected chi connectivity index (χ3v) is 4.25. The van der Waals surface area contributed by atoms with Gasteiger partial charge in [-0.2, -0.15) is 0 Å². The SMILES string of the molecule is CC(C)OC(=O)[C@H]1O[C@@H](n2cnc3c(=O)[nH]cnc32)[C@@H]2OC(C)(C)O[C@@H]21. The highest BCUT2D eigenvalue weighted by molar-refractivity contribution is 5.76. The summed E-state index contributed by atoms with van der Waals surface area (Å²) in [6.45, 7) is 7.05. The van der Waals surface area contributed by atoms with Crippen LogP contribution in [0.3, 0.4) is 0 Å². The maximum absolute atomic E-state index is 12.5. The molecule has 0 radical (unpaired) electrons. The maximum atomic E-state index is 12.5. The van der Waals surface area contributed by atoms with Crippen molar-refractivity contribution in [2.75, 3.05) is 0 Å². The molecule has 0 aromatic carbocycles. The molecule has 26 heavy (non-hydrogen) atoms. The van der Waals surface area contributed by atoms with Gasteiger partial charge in [0.15, 0.2) is 29.3 Å². The van der Waals surface area contributed by atoms with Crippen LogP contribution in [0.5, 0.6) is 0 Å². The summed E-state index contributed by atoms with van der Waals surface area (Å²) in [4.78, 5) is 35.1. The lowest BCUT2D eigenvalue weighted by molar-refractivity contribution is -0.205. The zero-order chi connectivity index (χ0) is 18.6. The largest absolute Gasteiger partial charge is 0.461 e. The van der Waals surface area contributed by atoms with Gasteiger partial charge in [-0.05, 0) is 27.7 Å². The Morgan fingerprint density at radius 3 is 2.77 bits per heavy atom. The van der Waals surface area contributed by atoms with E-state index in [1.54, 1.807) is 32.3 Å². The number of carbonyl (C=O) groups excluding carboxylic acids is 1. The van der Waals surface area contributed by atoms with Crippen LogP contribution in [0.2, 0.25) is 0 Å². The normalized spacial score (nSPS) is 30.0. The topological polar surface area (TPSA) is 118 Å². The van der Waals surface area contributed by atoms with Crippen LogP contribution in [-0.4, -0.2) is 55.7 Å². The average Bonchev–Trinajstić information content (AvgIpc) is 3.17. The van der Waals surface area contributed by atoms with Gasteiger partial charge in [0.25, 0.3) is 5.56 Å². The number of nitrogens with one attached hydrogen (secondary N) is 1. The Bertz CT molecular complexity index is 904. The van der Waals surface area contributed by atoms with Gasteiger partial charge in [-0.15, -0.1) is 0 Å². The van der Waals surface area contributed by atoms with Gasteiger partial charge < -0.3 is 23.9 Å². The van der Waals surface area contributed by atoms with Gasteiger partial charge >= 0.3 is 5.97 Å². The van der Waals surface area contributed by atoms with Gasteiger partial charge in [-0.25, -0.2) is 14.8 Å². The fraction of sp³-hybridized carbons (Fsp3) is 0.625. The Hall–Kier alpha value is -2.30. The summed E-state index contributed by atoms with van der Waals surface area (Å²) in [6.07, 6.45) is -0.448. The molecule has 0 unspecified atom stereocenters. The first-order chi connectivity index (χ1) is 12.3. The summed E-state index contributed by atoms with van der Waals surface area (Å²) in [5.41, 5.74) is 0.158. The maximum Gasteiger partial charge on any atom is 0.338 e. The minimum absolute atomic E-state index is 0.180. The lowest BCUT2D eigenvalue weighted by Crippen LogP contribution is -2.37. The number of hydrogen-bond donors (Lipinski definition) is 1. The van der Waals surface area contributed by atoms with Crippen molar-refractivity contribution in [1.29, 1.82) is 0 Å². The van der Waals surface area contributed by atoms with E-state index in [2.05, 4.69) is 15.0 Å². The summed E-state index contributed by atoms with van der Waals surface area (Å²) in [5, 5.41) is 0. The number of nitrogens with zero attached hydrogens (tertiary/aromatic N) is 3. The van der Waals surface area contributed by atoms with E-state index < -0.39 is 36.3 Å². The van der Waals surface area contributed by atoms with Gasteiger partial charge in [0.1, 0.15) is 12.2 Å². The van der Waals surface area contributed by atoms with E-state index in [4.69, 9.17) is 18.9 Å². The quantitative estimate of drug-likeness (QED) is 0.782. The van der Waals surface area contributed by atoms with Crippen molar-refractivity contribution in [3.05, 3.63) is 23.0 Å². The average molecular weight is 364 g/mol. The lowest BCUT2D eigenvalue weighted by atomic mass is 10.1. The molecule has 4 heterocycles. The molecule has 0 saturated carbocycles. The van der Waals surface area contributed by atoms with Crippen molar-refractivity contribution in [1.82, 2.24) is 19.5 Å². The van der Waals surface area contributed by atoms with Gasteiger partial charge in [0.2, 0.25) is 0 Å². The molecule has 0 amide bonds. The third kappa shape index (κ3) is 2.70. The predicted octanol–water partition coefficient (Wildman–Crippen LogP) is 0.489. The van der Waals surface area contributed by atoms with Crippen LogP contribution in [0.25, 0.3) is 11.2 Å². The van der Waals surface area contributed by atoms with E-state index in [-0.39, 0.29) is 17.2 Å². The molecule has 10 nitrogen and oxygen atoms in total. The third-order valence-electron chi connectivity index (χ3n) is 4.25. The summed E-state index contributed by atoms with van der Waals surface area (Å²) < 4.78 is 24.6. The standard InChI is InChI=1S/C16H20N4O6/c1-7(2)23-15(22)11-9-10(26-16(3,4)25-9)14(24-11)20-6-19-8-12(20)17-5-18-13(8)21/h5-7,9-11,14H,1-4H3,(H,17,18,21)/t9-,10+,11-,14+/m0/s1. The minimum Gasteiger partial charge on any atom is -0.461 e. The van der Waals surface area contributed by atoms with Crippen molar-refractivity contribution in [3.8, 4) is 0 Å². The number of hydrogen-bond acceptors (Lipinski definition) is 8. The second kappa shape index (κ2) is 5.86. The first-order valence-electron chi connectivity index (χ1n) is 8.38. The molecule has 2 aromatic heterocycles. The Morgan fingerprint density at radius 2 is 2.04 bits per heavy atom. The summed E-state index contributed by atoms with van der Waals surface area (Å²) >= 11 is 0. The molecule has 2 aliphatic heterocycles. The molecule has 2 fully saturated rings. The fourth-order valence-electron chi connectivity index (χ4n) is 3.34. The number of ether oxygens (including phenoxy) is 4. The molecular formula is C16H20N4O6. The summed E-state index contributed by atoms with van der Waals surface area (Å²) in [7, 11) is 0. The van der Waals surface area contributed by atoms with E-state index in [0.717, 1.165) is 0 Å². The zero-order valence-corrected chi connectivity index (χ0v) is 14.8. The van der Waals surface area contributed by atoms with Crippen molar-refractivity contribution >= 4 is 17.1 Å². The molecule has 2 aliphatic rings. The molecule has 140 valence electrons. The Labute approximate surface area is 148 Å². The van der Waals surface area contributed by atoms with Crippen molar-refractivity contribution in [3.63, 3.8) is 0 Å². The van der Waals surface area contributed by atoms with Crippen LogP contribution in [0, 0.1) is 0 Å². The number of imidazole rings is 1. The Kier molecular flexibility index (Phi) is 3.86.